The molecule has 0 radical (unpaired) electrons. The molecule has 1 atom stereocenters. The molecule has 0 amide bonds. The van der Waals surface area contributed by atoms with E-state index in [9.17, 15) is 0 Å². The van der Waals surface area contributed by atoms with E-state index in [1.807, 2.05) is 25.2 Å². The lowest BCUT2D eigenvalue weighted by atomic mass is 9.94. The summed E-state index contributed by atoms with van der Waals surface area (Å²) < 4.78 is 10.9. The molecule has 0 spiro atoms. The van der Waals surface area contributed by atoms with Crippen molar-refractivity contribution < 1.29 is 9.47 Å². The summed E-state index contributed by atoms with van der Waals surface area (Å²) in [5.74, 6) is 0.900. The quantitative estimate of drug-likeness (QED) is 0.792. The fourth-order valence-corrected chi connectivity index (χ4v) is 2.47. The average molecular weight is 285 g/mol. The van der Waals surface area contributed by atoms with E-state index in [-0.39, 0.29) is 6.04 Å². The van der Waals surface area contributed by atoms with Crippen LogP contribution in [0.1, 0.15) is 22.7 Å². The predicted molar refractivity (Wildman–Crippen MR) is 85.9 cm³/mol. The number of nitrogens with one attached hydrogen (secondary N) is 1. The number of aryl methyl sites for hydroxylation is 1. The number of hydrogen-bond acceptors (Lipinski definition) is 3. The molecule has 2 aromatic rings. The Balaban J connectivity index is 2.32. The zero-order valence-electron chi connectivity index (χ0n) is 12.9. The van der Waals surface area contributed by atoms with E-state index in [1.165, 1.54) is 11.1 Å². The molecule has 21 heavy (non-hydrogen) atoms. The SMILES string of the molecule is CNC(c1ccccc1C)c1ccccc1OCCOC. The van der Waals surface area contributed by atoms with Gasteiger partial charge >= 0.3 is 0 Å². The Hall–Kier alpha value is -1.84. The van der Waals surface area contributed by atoms with Crippen molar-refractivity contribution in [1.29, 1.82) is 0 Å². The lowest BCUT2D eigenvalue weighted by Gasteiger charge is -2.22. The highest BCUT2D eigenvalue weighted by Crippen LogP contribution is 2.31. The number of benzene rings is 2. The summed E-state index contributed by atoms with van der Waals surface area (Å²) in [5, 5.41) is 3.40. The summed E-state index contributed by atoms with van der Waals surface area (Å²) in [6, 6.07) is 16.7. The Morgan fingerprint density at radius 3 is 2.29 bits per heavy atom. The maximum absolute atomic E-state index is 5.86. The second kappa shape index (κ2) is 7.81. The molecule has 0 aliphatic carbocycles. The molecule has 3 heteroatoms. The van der Waals surface area contributed by atoms with Crippen molar-refractivity contribution in [2.75, 3.05) is 27.4 Å². The van der Waals surface area contributed by atoms with Gasteiger partial charge in [0, 0.05) is 12.7 Å². The smallest absolute Gasteiger partial charge is 0.124 e. The minimum absolute atomic E-state index is 0.116. The van der Waals surface area contributed by atoms with Gasteiger partial charge in [0.1, 0.15) is 12.4 Å². The number of methoxy groups -OCH3 is 1. The van der Waals surface area contributed by atoms with Crippen LogP contribution in [-0.4, -0.2) is 27.4 Å². The zero-order valence-corrected chi connectivity index (χ0v) is 12.9. The second-order valence-electron chi connectivity index (χ2n) is 4.96. The van der Waals surface area contributed by atoms with E-state index >= 15 is 0 Å². The van der Waals surface area contributed by atoms with E-state index in [2.05, 4.69) is 42.6 Å². The summed E-state index contributed by atoms with van der Waals surface area (Å²) in [6.07, 6.45) is 0. The van der Waals surface area contributed by atoms with Crippen molar-refractivity contribution in [2.45, 2.75) is 13.0 Å². The molecule has 0 heterocycles. The van der Waals surface area contributed by atoms with Gasteiger partial charge in [0.25, 0.3) is 0 Å². The van der Waals surface area contributed by atoms with Gasteiger partial charge in [-0.05, 0) is 31.2 Å². The van der Waals surface area contributed by atoms with E-state index in [4.69, 9.17) is 9.47 Å². The first-order valence-corrected chi connectivity index (χ1v) is 7.21. The van der Waals surface area contributed by atoms with Crippen molar-refractivity contribution in [1.82, 2.24) is 5.32 Å². The highest BCUT2D eigenvalue weighted by atomic mass is 16.5. The van der Waals surface area contributed by atoms with Gasteiger partial charge in [-0.25, -0.2) is 0 Å². The van der Waals surface area contributed by atoms with Crippen molar-refractivity contribution in [2.24, 2.45) is 0 Å². The summed E-state index contributed by atoms with van der Waals surface area (Å²) in [5.41, 5.74) is 3.68. The lowest BCUT2D eigenvalue weighted by molar-refractivity contribution is 0.145. The summed E-state index contributed by atoms with van der Waals surface area (Å²) >= 11 is 0. The van der Waals surface area contributed by atoms with Gasteiger partial charge in [-0.1, -0.05) is 42.5 Å². The molecule has 0 saturated heterocycles. The van der Waals surface area contributed by atoms with Crippen LogP contribution in [0.4, 0.5) is 0 Å². The zero-order chi connectivity index (χ0) is 15.1. The lowest BCUT2D eigenvalue weighted by Crippen LogP contribution is -2.20. The summed E-state index contributed by atoms with van der Waals surface area (Å²) in [6.45, 7) is 3.27. The fraction of sp³-hybridized carbons (Fsp3) is 0.333. The molecule has 0 fully saturated rings. The number of para-hydroxylation sites is 1. The third kappa shape index (κ3) is 3.84. The van der Waals surface area contributed by atoms with Gasteiger partial charge in [-0.15, -0.1) is 0 Å². The third-order valence-corrected chi connectivity index (χ3v) is 3.56. The first-order valence-electron chi connectivity index (χ1n) is 7.21. The molecule has 3 nitrogen and oxygen atoms in total. The van der Waals surface area contributed by atoms with Crippen LogP contribution in [0.15, 0.2) is 48.5 Å². The maximum atomic E-state index is 5.86. The molecular weight excluding hydrogens is 262 g/mol. The molecule has 0 aromatic heterocycles. The molecule has 112 valence electrons. The maximum Gasteiger partial charge on any atom is 0.124 e. The largest absolute Gasteiger partial charge is 0.491 e. The minimum Gasteiger partial charge on any atom is -0.491 e. The van der Waals surface area contributed by atoms with Gasteiger partial charge in [-0.2, -0.15) is 0 Å². The standard InChI is InChI=1S/C18H23NO2/c1-14-8-4-5-9-15(14)18(19-2)16-10-6-7-11-17(16)21-13-12-20-3/h4-11,18-19H,12-13H2,1-3H3. The van der Waals surface area contributed by atoms with Crippen molar-refractivity contribution in [3.8, 4) is 5.75 Å². The first kappa shape index (κ1) is 15.5. The molecule has 0 bridgehead atoms. The van der Waals surface area contributed by atoms with Crippen LogP contribution in [0.2, 0.25) is 0 Å². The fourth-order valence-electron chi connectivity index (χ4n) is 2.47. The van der Waals surface area contributed by atoms with Gasteiger partial charge in [0.15, 0.2) is 0 Å². The van der Waals surface area contributed by atoms with E-state index in [1.54, 1.807) is 7.11 Å². The van der Waals surface area contributed by atoms with Crippen LogP contribution < -0.4 is 10.1 Å². The third-order valence-electron chi connectivity index (χ3n) is 3.56. The van der Waals surface area contributed by atoms with Crippen LogP contribution in [0, 0.1) is 6.92 Å². The van der Waals surface area contributed by atoms with E-state index in [0.717, 1.165) is 11.3 Å². The van der Waals surface area contributed by atoms with Crippen LogP contribution in [0.25, 0.3) is 0 Å². The van der Waals surface area contributed by atoms with Crippen molar-refractivity contribution in [3.05, 3.63) is 65.2 Å². The number of rotatable bonds is 7. The molecule has 2 rings (SSSR count). The van der Waals surface area contributed by atoms with Crippen molar-refractivity contribution >= 4 is 0 Å². The van der Waals surface area contributed by atoms with Gasteiger partial charge in [0.05, 0.1) is 12.6 Å². The van der Waals surface area contributed by atoms with Crippen LogP contribution in [0.5, 0.6) is 5.75 Å². The van der Waals surface area contributed by atoms with Crippen molar-refractivity contribution in [3.63, 3.8) is 0 Å². The highest BCUT2D eigenvalue weighted by Gasteiger charge is 2.17. The molecule has 1 unspecified atom stereocenters. The molecule has 0 saturated carbocycles. The molecule has 2 aromatic carbocycles. The Kier molecular flexibility index (Phi) is 5.78. The Morgan fingerprint density at radius 1 is 0.952 bits per heavy atom. The van der Waals surface area contributed by atoms with E-state index < -0.39 is 0 Å². The van der Waals surface area contributed by atoms with Gasteiger partial charge in [-0.3, -0.25) is 0 Å². The minimum atomic E-state index is 0.116. The predicted octanol–water partition coefficient (Wildman–Crippen LogP) is 3.33. The average Bonchev–Trinajstić information content (AvgIpc) is 2.51. The molecule has 1 N–H and O–H groups in total. The number of ether oxygens (including phenoxy) is 2. The van der Waals surface area contributed by atoms with Crippen LogP contribution >= 0.6 is 0 Å². The molecule has 0 aliphatic rings. The first-order chi connectivity index (χ1) is 10.3. The Bertz CT molecular complexity index is 569. The monoisotopic (exact) mass is 285 g/mol. The van der Waals surface area contributed by atoms with Crippen LogP contribution in [0.3, 0.4) is 0 Å². The molecule has 0 aliphatic heterocycles. The van der Waals surface area contributed by atoms with Crippen LogP contribution in [-0.2, 0) is 4.74 Å². The van der Waals surface area contributed by atoms with Gasteiger partial charge < -0.3 is 14.8 Å². The normalized spacial score (nSPS) is 12.1. The Labute approximate surface area is 126 Å². The summed E-state index contributed by atoms with van der Waals surface area (Å²) in [4.78, 5) is 0. The van der Waals surface area contributed by atoms with E-state index in [0.29, 0.717) is 13.2 Å². The second-order valence-corrected chi connectivity index (χ2v) is 4.96. The topological polar surface area (TPSA) is 30.5 Å². The molecular formula is C18H23NO2. The number of hydrogen-bond donors (Lipinski definition) is 1. The van der Waals surface area contributed by atoms with Gasteiger partial charge in [0.2, 0.25) is 0 Å². The summed E-state index contributed by atoms with van der Waals surface area (Å²) in [7, 11) is 3.65. The Morgan fingerprint density at radius 2 is 1.62 bits per heavy atom. The highest BCUT2D eigenvalue weighted by molar-refractivity contribution is 5.43.